The summed E-state index contributed by atoms with van der Waals surface area (Å²) < 4.78 is 2.82. The van der Waals surface area contributed by atoms with Crippen molar-refractivity contribution in [2.45, 2.75) is 0 Å². The van der Waals surface area contributed by atoms with Gasteiger partial charge in [-0.1, -0.05) is 64.5 Å². The molecule has 4 rings (SSSR count). The first kappa shape index (κ1) is 14.9. The van der Waals surface area contributed by atoms with Crippen molar-refractivity contribution in [2.75, 3.05) is 0 Å². The van der Waals surface area contributed by atoms with E-state index in [1.165, 1.54) is 0 Å². The van der Waals surface area contributed by atoms with E-state index in [4.69, 9.17) is 0 Å². The Hall–Kier alpha value is -2.65. The maximum absolute atomic E-state index is 13.3. The molecule has 0 aliphatic carbocycles. The van der Waals surface area contributed by atoms with Crippen molar-refractivity contribution in [1.82, 2.24) is 4.40 Å². The van der Waals surface area contributed by atoms with Gasteiger partial charge in [0.25, 0.3) is 0 Å². The summed E-state index contributed by atoms with van der Waals surface area (Å²) >= 11 is 3.50. The molecule has 0 saturated carbocycles. The number of hydrogen-bond acceptors (Lipinski definition) is 1. The second-order valence-electron chi connectivity index (χ2n) is 5.59. The molecule has 0 spiro atoms. The van der Waals surface area contributed by atoms with E-state index in [1.54, 1.807) is 0 Å². The molecule has 2 aromatic carbocycles. The van der Waals surface area contributed by atoms with Crippen LogP contribution >= 0.6 is 15.9 Å². The fourth-order valence-corrected chi connectivity index (χ4v) is 3.44. The molecule has 2 aromatic heterocycles. The van der Waals surface area contributed by atoms with E-state index in [0.29, 0.717) is 5.56 Å². The molecule has 2 nitrogen and oxygen atoms in total. The molecule has 24 heavy (non-hydrogen) atoms. The van der Waals surface area contributed by atoms with Crippen LogP contribution < -0.4 is 0 Å². The minimum Gasteiger partial charge on any atom is -0.322 e. The highest BCUT2D eigenvalue weighted by molar-refractivity contribution is 9.10. The minimum absolute atomic E-state index is 0.0232. The standard InChI is InChI=1S/C21H14BrNO/c22-18-11-5-4-10-16(18)21(24)20-17(15-8-2-1-3-9-15)14-23-13-7-6-12-19(20)23/h1-14H. The second kappa shape index (κ2) is 6.10. The average Bonchev–Trinajstić information content (AvgIpc) is 3.02. The first-order valence-electron chi connectivity index (χ1n) is 7.70. The van der Waals surface area contributed by atoms with Crippen molar-refractivity contribution in [2.24, 2.45) is 0 Å². The number of hydrogen-bond donors (Lipinski definition) is 0. The van der Waals surface area contributed by atoms with Gasteiger partial charge in [-0.3, -0.25) is 4.79 Å². The number of benzene rings is 2. The third-order valence-electron chi connectivity index (χ3n) is 4.11. The van der Waals surface area contributed by atoms with Gasteiger partial charge in [-0.05, 0) is 29.8 Å². The molecule has 2 heterocycles. The lowest BCUT2D eigenvalue weighted by atomic mass is 9.96. The van der Waals surface area contributed by atoms with Gasteiger partial charge >= 0.3 is 0 Å². The number of carbonyl (C=O) groups is 1. The number of nitrogens with zero attached hydrogens (tertiary/aromatic N) is 1. The molecule has 4 aromatic rings. The number of ketones is 1. The summed E-state index contributed by atoms with van der Waals surface area (Å²) in [4.78, 5) is 13.3. The monoisotopic (exact) mass is 375 g/mol. The third-order valence-corrected chi connectivity index (χ3v) is 4.81. The van der Waals surface area contributed by atoms with Gasteiger partial charge in [0.15, 0.2) is 5.78 Å². The van der Waals surface area contributed by atoms with Crippen molar-refractivity contribution >= 4 is 27.2 Å². The molecule has 0 bridgehead atoms. The number of aromatic nitrogens is 1. The van der Waals surface area contributed by atoms with Crippen LogP contribution in [0.25, 0.3) is 16.6 Å². The van der Waals surface area contributed by atoms with Crippen molar-refractivity contribution < 1.29 is 4.79 Å². The quantitative estimate of drug-likeness (QED) is 0.427. The van der Waals surface area contributed by atoms with Crippen molar-refractivity contribution in [3.05, 3.63) is 101 Å². The number of carbonyl (C=O) groups excluding carboxylic acids is 1. The lowest BCUT2D eigenvalue weighted by molar-refractivity contribution is 0.104. The summed E-state index contributed by atoms with van der Waals surface area (Å²) in [5, 5.41) is 0. The van der Waals surface area contributed by atoms with Crippen LogP contribution in [0, 0.1) is 0 Å². The van der Waals surface area contributed by atoms with Gasteiger partial charge in [0, 0.05) is 28.0 Å². The normalized spacial score (nSPS) is 10.9. The Kier molecular flexibility index (Phi) is 3.79. The Bertz CT molecular complexity index is 1030. The molecule has 0 aliphatic rings. The van der Waals surface area contributed by atoms with Crippen molar-refractivity contribution in [1.29, 1.82) is 0 Å². The number of pyridine rings is 1. The molecule has 116 valence electrons. The lowest BCUT2D eigenvalue weighted by Gasteiger charge is -2.06. The van der Waals surface area contributed by atoms with Crippen LogP contribution in [-0.4, -0.2) is 10.2 Å². The van der Waals surface area contributed by atoms with Gasteiger partial charge in [-0.2, -0.15) is 0 Å². The summed E-state index contributed by atoms with van der Waals surface area (Å²) in [6.45, 7) is 0. The Morgan fingerprint density at radius 3 is 2.33 bits per heavy atom. The molecule has 0 amide bonds. The molecule has 0 unspecified atom stereocenters. The van der Waals surface area contributed by atoms with Gasteiger partial charge in [0.1, 0.15) is 0 Å². The Labute approximate surface area is 148 Å². The number of fused-ring (bicyclic) bond motifs is 1. The van der Waals surface area contributed by atoms with Crippen LogP contribution in [-0.2, 0) is 0 Å². The second-order valence-corrected chi connectivity index (χ2v) is 6.44. The highest BCUT2D eigenvalue weighted by atomic mass is 79.9. The van der Waals surface area contributed by atoms with Crippen LogP contribution in [0.2, 0.25) is 0 Å². The molecular weight excluding hydrogens is 362 g/mol. The third kappa shape index (κ3) is 2.47. The predicted molar refractivity (Wildman–Crippen MR) is 100 cm³/mol. The lowest BCUT2D eigenvalue weighted by Crippen LogP contribution is -2.03. The van der Waals surface area contributed by atoms with E-state index in [0.717, 1.165) is 26.7 Å². The molecule has 0 N–H and O–H groups in total. The molecular formula is C21H14BrNO. The van der Waals surface area contributed by atoms with E-state index in [2.05, 4.69) is 15.9 Å². The van der Waals surface area contributed by atoms with Crippen molar-refractivity contribution in [3.63, 3.8) is 0 Å². The predicted octanol–water partition coefficient (Wildman–Crippen LogP) is 5.60. The summed E-state index contributed by atoms with van der Waals surface area (Å²) in [5.74, 6) is 0.0232. The Balaban J connectivity index is 2.00. The molecule has 0 saturated heterocycles. The molecule has 0 aliphatic heterocycles. The zero-order chi connectivity index (χ0) is 16.5. The van der Waals surface area contributed by atoms with Gasteiger partial charge in [-0.25, -0.2) is 0 Å². The zero-order valence-electron chi connectivity index (χ0n) is 12.8. The minimum atomic E-state index is 0.0232. The average molecular weight is 376 g/mol. The topological polar surface area (TPSA) is 21.5 Å². The Morgan fingerprint density at radius 1 is 0.833 bits per heavy atom. The van der Waals surface area contributed by atoms with Gasteiger partial charge in [-0.15, -0.1) is 0 Å². The molecule has 0 radical (unpaired) electrons. The van der Waals surface area contributed by atoms with E-state index in [-0.39, 0.29) is 5.78 Å². The number of halogens is 1. The van der Waals surface area contributed by atoms with Gasteiger partial charge < -0.3 is 4.40 Å². The van der Waals surface area contributed by atoms with Crippen LogP contribution in [0.15, 0.2) is 89.7 Å². The zero-order valence-corrected chi connectivity index (χ0v) is 14.4. The summed E-state index contributed by atoms with van der Waals surface area (Å²) in [6, 6.07) is 23.5. The molecule has 3 heteroatoms. The van der Waals surface area contributed by atoms with E-state index >= 15 is 0 Å². The maximum Gasteiger partial charge on any atom is 0.196 e. The van der Waals surface area contributed by atoms with Crippen LogP contribution in [0.5, 0.6) is 0 Å². The highest BCUT2D eigenvalue weighted by Gasteiger charge is 2.21. The first-order valence-corrected chi connectivity index (χ1v) is 8.49. The highest BCUT2D eigenvalue weighted by Crippen LogP contribution is 2.32. The fourth-order valence-electron chi connectivity index (χ4n) is 2.98. The van der Waals surface area contributed by atoms with Gasteiger partial charge in [0.05, 0.1) is 11.1 Å². The van der Waals surface area contributed by atoms with Crippen LogP contribution in [0.1, 0.15) is 15.9 Å². The van der Waals surface area contributed by atoms with Crippen LogP contribution in [0.3, 0.4) is 0 Å². The molecule has 0 atom stereocenters. The van der Waals surface area contributed by atoms with E-state index < -0.39 is 0 Å². The maximum atomic E-state index is 13.3. The first-order chi connectivity index (χ1) is 11.8. The summed E-state index contributed by atoms with van der Waals surface area (Å²) in [7, 11) is 0. The van der Waals surface area contributed by atoms with Crippen LogP contribution in [0.4, 0.5) is 0 Å². The largest absolute Gasteiger partial charge is 0.322 e. The SMILES string of the molecule is O=C(c1ccccc1Br)c1c(-c2ccccc2)cn2ccccc12. The van der Waals surface area contributed by atoms with Gasteiger partial charge in [0.2, 0.25) is 0 Å². The van der Waals surface area contributed by atoms with Crippen molar-refractivity contribution in [3.8, 4) is 11.1 Å². The Morgan fingerprint density at radius 2 is 1.54 bits per heavy atom. The smallest absolute Gasteiger partial charge is 0.196 e. The van der Waals surface area contributed by atoms with E-state index in [9.17, 15) is 4.79 Å². The fraction of sp³-hybridized carbons (Fsp3) is 0. The number of rotatable bonds is 3. The molecule has 0 fully saturated rings. The summed E-state index contributed by atoms with van der Waals surface area (Å²) in [5.41, 5.74) is 4.30. The summed E-state index contributed by atoms with van der Waals surface area (Å²) in [6.07, 6.45) is 3.99. The van der Waals surface area contributed by atoms with E-state index in [1.807, 2.05) is 89.6 Å².